The van der Waals surface area contributed by atoms with Crippen LogP contribution in [0.15, 0.2) is 35.1 Å². The van der Waals surface area contributed by atoms with E-state index in [1.807, 2.05) is 0 Å². The minimum Gasteiger partial charge on any atom is -0.441 e. The van der Waals surface area contributed by atoms with Crippen LogP contribution in [0.4, 0.5) is 5.69 Å². The van der Waals surface area contributed by atoms with E-state index >= 15 is 0 Å². The fraction of sp³-hybridized carbons (Fsp3) is 0.0769. The molecule has 0 saturated carbocycles. The molecule has 1 aromatic carbocycles. The van der Waals surface area contributed by atoms with Gasteiger partial charge in [-0.3, -0.25) is 9.59 Å². The summed E-state index contributed by atoms with van der Waals surface area (Å²) in [6.07, 6.45) is 4.27. The van der Waals surface area contributed by atoms with Gasteiger partial charge in [0.1, 0.15) is 6.26 Å². The number of rotatable bonds is 5. The van der Waals surface area contributed by atoms with Gasteiger partial charge >= 0.3 is 5.91 Å². The lowest BCUT2D eigenvalue weighted by Crippen LogP contribution is -2.20. The Morgan fingerprint density at radius 3 is 2.80 bits per heavy atom. The highest BCUT2D eigenvalue weighted by Gasteiger charge is 2.17. The Bertz CT molecular complexity index is 623. The quantitative estimate of drug-likeness (QED) is 0.733. The Hall–Kier alpha value is -2.67. The van der Waals surface area contributed by atoms with Crippen molar-refractivity contribution in [3.8, 4) is 0 Å². The van der Waals surface area contributed by atoms with Crippen molar-refractivity contribution in [2.75, 3.05) is 11.9 Å². The highest BCUT2D eigenvalue weighted by molar-refractivity contribution is 6.07. The molecule has 1 radical (unpaired) electrons. The number of benzene rings is 1. The number of hydrogen-bond donors (Lipinski definition) is 3. The first-order valence-electron chi connectivity index (χ1n) is 5.80. The molecule has 2 rings (SSSR count). The van der Waals surface area contributed by atoms with E-state index in [2.05, 4.69) is 10.3 Å². The van der Waals surface area contributed by atoms with Crippen molar-refractivity contribution < 1.29 is 14.0 Å². The zero-order valence-corrected chi connectivity index (χ0v) is 10.5. The van der Waals surface area contributed by atoms with Crippen molar-refractivity contribution in [3.05, 3.63) is 54.1 Å². The third-order valence-electron chi connectivity index (χ3n) is 2.56. The van der Waals surface area contributed by atoms with Gasteiger partial charge in [-0.2, -0.15) is 0 Å². The van der Waals surface area contributed by atoms with Gasteiger partial charge in [-0.15, -0.1) is 0 Å². The minimum atomic E-state index is -0.659. The zero-order chi connectivity index (χ0) is 14.5. The molecular formula is C13H13N4O3. The third kappa shape index (κ3) is 2.83. The molecule has 2 aromatic rings. The molecule has 0 unspecified atom stereocenters. The Morgan fingerprint density at radius 2 is 2.20 bits per heavy atom. The van der Waals surface area contributed by atoms with E-state index in [1.54, 1.807) is 24.6 Å². The Labute approximate surface area is 115 Å². The minimum absolute atomic E-state index is 0.103. The van der Waals surface area contributed by atoms with Crippen molar-refractivity contribution in [2.24, 2.45) is 11.5 Å². The van der Waals surface area contributed by atoms with Gasteiger partial charge in [0.15, 0.2) is 0 Å². The number of aromatic nitrogens is 1. The predicted octanol–water partition coefficient (Wildman–Crippen LogP) is 0.537. The molecule has 0 fully saturated rings. The number of carbonyl (C=O) groups excluding carboxylic acids is 2. The maximum atomic E-state index is 11.9. The van der Waals surface area contributed by atoms with Gasteiger partial charge in [0.2, 0.25) is 0 Å². The number of amides is 2. The first-order valence-corrected chi connectivity index (χ1v) is 5.80. The standard InChI is InChI=1S/C13H13N4O3/c14-5-4-8-2-1-3-9(10(8)11(15)18)17-12(19)13-16-6-7-20-13/h1-4,6-7H,5,14H2,(H2,15,18)(H,17,19). The van der Waals surface area contributed by atoms with Gasteiger partial charge in [0.05, 0.1) is 17.4 Å². The lowest BCUT2D eigenvalue weighted by atomic mass is 10.0. The molecular weight excluding hydrogens is 260 g/mol. The summed E-state index contributed by atoms with van der Waals surface area (Å²) in [6.45, 7) is 0.247. The summed E-state index contributed by atoms with van der Waals surface area (Å²) < 4.78 is 4.88. The summed E-state index contributed by atoms with van der Waals surface area (Å²) in [7, 11) is 0. The molecule has 2 amide bonds. The van der Waals surface area contributed by atoms with Crippen LogP contribution in [0.3, 0.4) is 0 Å². The van der Waals surface area contributed by atoms with Crippen molar-refractivity contribution in [1.29, 1.82) is 0 Å². The second-order valence-electron chi connectivity index (χ2n) is 3.87. The summed E-state index contributed by atoms with van der Waals surface area (Å²) in [5.41, 5.74) is 11.8. The molecule has 103 valence electrons. The number of carbonyl (C=O) groups is 2. The molecule has 1 aromatic heterocycles. The first kappa shape index (κ1) is 13.8. The smallest absolute Gasteiger partial charge is 0.311 e. The van der Waals surface area contributed by atoms with E-state index in [0.29, 0.717) is 5.56 Å². The first-order chi connectivity index (χ1) is 9.63. The zero-order valence-electron chi connectivity index (χ0n) is 10.5. The Morgan fingerprint density at radius 1 is 1.40 bits per heavy atom. The van der Waals surface area contributed by atoms with Crippen LogP contribution in [-0.4, -0.2) is 23.3 Å². The predicted molar refractivity (Wildman–Crippen MR) is 71.9 cm³/mol. The average Bonchev–Trinajstić information content (AvgIpc) is 2.92. The largest absolute Gasteiger partial charge is 0.441 e. The molecule has 7 nitrogen and oxygen atoms in total. The maximum Gasteiger partial charge on any atom is 0.311 e. The molecule has 0 spiro atoms. The van der Waals surface area contributed by atoms with Crippen LogP contribution in [0.5, 0.6) is 0 Å². The van der Waals surface area contributed by atoms with E-state index < -0.39 is 11.8 Å². The summed E-state index contributed by atoms with van der Waals surface area (Å²) in [4.78, 5) is 27.1. The maximum absolute atomic E-state index is 11.9. The molecule has 5 N–H and O–H groups in total. The van der Waals surface area contributed by atoms with E-state index in [-0.39, 0.29) is 23.7 Å². The lowest BCUT2D eigenvalue weighted by molar-refractivity contribution is 0.0990. The summed E-state index contributed by atoms with van der Waals surface area (Å²) in [5, 5.41) is 2.54. The molecule has 0 aliphatic heterocycles. The highest BCUT2D eigenvalue weighted by Crippen LogP contribution is 2.21. The SMILES string of the molecule is NC[CH]c1cccc(NC(=O)c2ncco2)c1C(N)=O. The van der Waals surface area contributed by atoms with E-state index in [9.17, 15) is 9.59 Å². The van der Waals surface area contributed by atoms with Crippen LogP contribution in [0, 0.1) is 6.42 Å². The third-order valence-corrected chi connectivity index (χ3v) is 2.56. The number of hydrogen-bond acceptors (Lipinski definition) is 5. The number of primary amides is 1. The highest BCUT2D eigenvalue weighted by atomic mass is 16.3. The molecule has 7 heteroatoms. The van der Waals surface area contributed by atoms with Crippen LogP contribution in [0.25, 0.3) is 0 Å². The molecule has 0 atom stereocenters. The molecule has 0 aliphatic carbocycles. The molecule has 1 heterocycles. The Kier molecular flexibility index (Phi) is 4.11. The van der Waals surface area contributed by atoms with Crippen molar-refractivity contribution in [3.63, 3.8) is 0 Å². The summed E-state index contributed by atoms with van der Waals surface area (Å²) >= 11 is 0. The fourth-order valence-corrected chi connectivity index (χ4v) is 1.76. The summed E-state index contributed by atoms with van der Waals surface area (Å²) in [6, 6.07) is 4.93. The number of anilines is 1. The van der Waals surface area contributed by atoms with Gasteiger partial charge in [-0.1, -0.05) is 12.1 Å². The van der Waals surface area contributed by atoms with Crippen LogP contribution in [0.2, 0.25) is 0 Å². The molecule has 0 bridgehead atoms. The van der Waals surface area contributed by atoms with Crippen LogP contribution in [0.1, 0.15) is 26.6 Å². The second kappa shape index (κ2) is 5.98. The van der Waals surface area contributed by atoms with Gasteiger partial charge in [0.25, 0.3) is 11.8 Å². The van der Waals surface area contributed by atoms with Gasteiger partial charge in [-0.05, 0) is 18.2 Å². The lowest BCUT2D eigenvalue weighted by Gasteiger charge is -2.11. The second-order valence-corrected chi connectivity index (χ2v) is 3.87. The van der Waals surface area contributed by atoms with E-state index in [0.717, 1.165) is 0 Å². The van der Waals surface area contributed by atoms with Crippen LogP contribution >= 0.6 is 0 Å². The van der Waals surface area contributed by atoms with Gasteiger partial charge < -0.3 is 21.2 Å². The molecule has 0 saturated heterocycles. The topological polar surface area (TPSA) is 124 Å². The number of nitrogens with zero attached hydrogens (tertiary/aromatic N) is 1. The number of nitrogens with two attached hydrogens (primary N) is 2. The molecule has 20 heavy (non-hydrogen) atoms. The fourth-order valence-electron chi connectivity index (χ4n) is 1.76. The van der Waals surface area contributed by atoms with Crippen molar-refractivity contribution in [1.82, 2.24) is 4.98 Å². The normalized spacial score (nSPS) is 10.2. The van der Waals surface area contributed by atoms with Crippen LogP contribution in [-0.2, 0) is 0 Å². The Balaban J connectivity index is 2.33. The van der Waals surface area contributed by atoms with Gasteiger partial charge in [-0.25, -0.2) is 4.98 Å². The monoisotopic (exact) mass is 273 g/mol. The van der Waals surface area contributed by atoms with Crippen molar-refractivity contribution in [2.45, 2.75) is 0 Å². The number of oxazole rings is 1. The number of nitrogens with one attached hydrogen (secondary N) is 1. The average molecular weight is 273 g/mol. The van der Waals surface area contributed by atoms with E-state index in [4.69, 9.17) is 15.9 Å². The van der Waals surface area contributed by atoms with Gasteiger partial charge in [0, 0.05) is 6.42 Å². The molecule has 0 aliphatic rings. The van der Waals surface area contributed by atoms with Crippen molar-refractivity contribution >= 4 is 17.5 Å². The summed E-state index contributed by atoms with van der Waals surface area (Å²) in [5.74, 6) is -1.33. The van der Waals surface area contributed by atoms with Crippen LogP contribution < -0.4 is 16.8 Å². The van der Waals surface area contributed by atoms with E-state index in [1.165, 1.54) is 12.5 Å².